The third-order valence-electron chi connectivity index (χ3n) is 3.01. The molecule has 0 bridgehead atoms. The average Bonchev–Trinajstić information content (AvgIpc) is 2.40. The Balaban J connectivity index is 0.00000162. The van der Waals surface area contributed by atoms with Crippen molar-refractivity contribution in [3.63, 3.8) is 0 Å². The summed E-state index contributed by atoms with van der Waals surface area (Å²) in [7, 11) is 0. The third-order valence-corrected chi connectivity index (χ3v) is 3.01. The smallest absolute Gasteiger partial charge is 0.650 e. The number of benzene rings is 2. The first kappa shape index (κ1) is 15.1. The van der Waals surface area contributed by atoms with Gasteiger partial charge in [0.2, 0.25) is 0 Å². The first-order valence-corrected chi connectivity index (χ1v) is 6.07. The molecule has 1 nitrogen and oxygen atoms in total. The molecule has 18 heavy (non-hydrogen) atoms. The molecule has 0 saturated heterocycles. The second-order valence-corrected chi connectivity index (χ2v) is 4.32. The van der Waals surface area contributed by atoms with Crippen LogP contribution in [0.1, 0.15) is 37.1 Å². The van der Waals surface area contributed by atoms with E-state index in [1.807, 2.05) is 12.1 Å². The molecule has 88 valence electrons. The minimum Gasteiger partial charge on any atom is -0.650 e. The molecule has 0 aromatic heterocycles. The molecule has 0 aliphatic heterocycles. The van der Waals surface area contributed by atoms with Gasteiger partial charge in [-0.15, -0.1) is 12.1 Å². The van der Waals surface area contributed by atoms with Gasteiger partial charge in [0.15, 0.2) is 0 Å². The molecular formula is C16H18LiN. The summed E-state index contributed by atoms with van der Waals surface area (Å²) in [6, 6.07) is 21.3. The summed E-state index contributed by atoms with van der Waals surface area (Å²) in [5.41, 5.74) is 2.55. The average molecular weight is 231 g/mol. The van der Waals surface area contributed by atoms with Gasteiger partial charge in [0, 0.05) is 0 Å². The Morgan fingerprint density at radius 2 is 1.00 bits per heavy atom. The molecule has 0 aliphatic carbocycles. The molecule has 0 heterocycles. The van der Waals surface area contributed by atoms with Crippen molar-refractivity contribution in [3.05, 3.63) is 77.1 Å². The van der Waals surface area contributed by atoms with E-state index >= 15 is 0 Å². The van der Waals surface area contributed by atoms with Gasteiger partial charge in [0.05, 0.1) is 0 Å². The summed E-state index contributed by atoms with van der Waals surface area (Å²) in [6.07, 6.45) is 0. The summed E-state index contributed by atoms with van der Waals surface area (Å²) in [5.74, 6) is 0. The van der Waals surface area contributed by atoms with E-state index < -0.39 is 0 Å². The predicted octanol–water partition coefficient (Wildman–Crippen LogP) is 1.89. The van der Waals surface area contributed by atoms with Crippen LogP contribution in [-0.4, -0.2) is 0 Å². The van der Waals surface area contributed by atoms with Crippen molar-refractivity contribution in [1.82, 2.24) is 0 Å². The van der Waals surface area contributed by atoms with Gasteiger partial charge in [-0.2, -0.15) is 0 Å². The van der Waals surface area contributed by atoms with Crippen molar-refractivity contribution in [3.8, 4) is 0 Å². The van der Waals surface area contributed by atoms with Crippen LogP contribution in [-0.2, 0) is 0 Å². The molecule has 0 radical (unpaired) electrons. The predicted molar refractivity (Wildman–Crippen MR) is 73.1 cm³/mol. The largest absolute Gasteiger partial charge is 1.00 e. The fraction of sp³-hybridized carbons (Fsp3) is 0.250. The number of rotatable bonds is 4. The van der Waals surface area contributed by atoms with Crippen LogP contribution in [0.2, 0.25) is 0 Å². The molecule has 0 amide bonds. The minimum absolute atomic E-state index is 0. The first-order chi connectivity index (χ1) is 8.27. The standard InChI is InChI=1S/C16H18N.Li/c1-13(15-9-5-3-6-10-15)17-14(2)16-11-7-4-8-12-16;/h3-14H,1-2H3;/q-1;+1. The molecule has 2 heteroatoms. The molecule has 0 N–H and O–H groups in total. The second-order valence-electron chi connectivity index (χ2n) is 4.32. The molecule has 0 fully saturated rings. The second kappa shape index (κ2) is 7.44. The Morgan fingerprint density at radius 1 is 0.667 bits per heavy atom. The van der Waals surface area contributed by atoms with Crippen molar-refractivity contribution < 1.29 is 18.9 Å². The molecule has 2 aromatic carbocycles. The quantitative estimate of drug-likeness (QED) is 0.713. The van der Waals surface area contributed by atoms with Gasteiger partial charge >= 0.3 is 18.9 Å². The van der Waals surface area contributed by atoms with Crippen molar-refractivity contribution in [2.24, 2.45) is 0 Å². The summed E-state index contributed by atoms with van der Waals surface area (Å²) >= 11 is 0. The topological polar surface area (TPSA) is 14.1 Å². The van der Waals surface area contributed by atoms with E-state index in [9.17, 15) is 0 Å². The van der Waals surface area contributed by atoms with Crippen molar-refractivity contribution in [2.75, 3.05) is 0 Å². The molecule has 0 spiro atoms. The van der Waals surface area contributed by atoms with Crippen LogP contribution in [0.15, 0.2) is 60.7 Å². The van der Waals surface area contributed by atoms with Gasteiger partial charge in [-0.3, -0.25) is 0 Å². The molecule has 2 rings (SSSR count). The normalized spacial score (nSPS) is 13.4. The van der Waals surface area contributed by atoms with E-state index in [-0.39, 0.29) is 30.9 Å². The van der Waals surface area contributed by atoms with Gasteiger partial charge in [-0.05, 0) is 0 Å². The number of nitrogens with zero attached hydrogens (tertiary/aromatic N) is 1. The van der Waals surface area contributed by atoms with E-state index in [1.54, 1.807) is 0 Å². The Bertz CT molecular complexity index is 398. The Labute approximate surface area is 122 Å². The van der Waals surface area contributed by atoms with Crippen molar-refractivity contribution >= 4 is 0 Å². The van der Waals surface area contributed by atoms with Gasteiger partial charge in [0.25, 0.3) is 0 Å². The maximum absolute atomic E-state index is 4.82. The maximum atomic E-state index is 4.82. The Kier molecular flexibility index (Phi) is 6.22. The fourth-order valence-corrected chi connectivity index (χ4v) is 1.97. The van der Waals surface area contributed by atoms with Gasteiger partial charge < -0.3 is 5.32 Å². The van der Waals surface area contributed by atoms with Crippen molar-refractivity contribution in [2.45, 2.75) is 25.9 Å². The molecule has 0 aliphatic rings. The van der Waals surface area contributed by atoms with Gasteiger partial charge in [0.1, 0.15) is 0 Å². The molecular weight excluding hydrogens is 213 g/mol. The van der Waals surface area contributed by atoms with Gasteiger partial charge in [-0.25, -0.2) is 0 Å². The van der Waals surface area contributed by atoms with Crippen LogP contribution in [0, 0.1) is 0 Å². The van der Waals surface area contributed by atoms with Crippen LogP contribution in [0.25, 0.3) is 5.32 Å². The van der Waals surface area contributed by atoms with Crippen LogP contribution in [0.5, 0.6) is 0 Å². The third kappa shape index (κ3) is 4.03. The Hall–Kier alpha value is -1.00. The van der Waals surface area contributed by atoms with E-state index in [0.29, 0.717) is 0 Å². The minimum atomic E-state index is 0. The molecule has 0 saturated carbocycles. The zero-order valence-electron chi connectivity index (χ0n) is 11.4. The molecule has 2 atom stereocenters. The van der Waals surface area contributed by atoms with Crippen LogP contribution >= 0.6 is 0 Å². The summed E-state index contributed by atoms with van der Waals surface area (Å²) in [6.45, 7) is 4.30. The maximum Gasteiger partial charge on any atom is 1.00 e. The zero-order chi connectivity index (χ0) is 12.1. The zero-order valence-corrected chi connectivity index (χ0v) is 11.4. The Morgan fingerprint density at radius 3 is 1.33 bits per heavy atom. The number of hydrogen-bond acceptors (Lipinski definition) is 0. The summed E-state index contributed by atoms with van der Waals surface area (Å²) in [5, 5.41) is 4.82. The monoisotopic (exact) mass is 231 g/mol. The summed E-state index contributed by atoms with van der Waals surface area (Å²) in [4.78, 5) is 0. The molecule has 2 unspecified atom stereocenters. The molecule has 2 aromatic rings. The van der Waals surface area contributed by atoms with Crippen molar-refractivity contribution in [1.29, 1.82) is 0 Å². The first-order valence-electron chi connectivity index (χ1n) is 6.07. The van der Waals surface area contributed by atoms with E-state index in [2.05, 4.69) is 62.4 Å². The van der Waals surface area contributed by atoms with E-state index in [1.165, 1.54) is 11.1 Å². The number of hydrogen-bond donors (Lipinski definition) is 0. The van der Waals surface area contributed by atoms with E-state index in [0.717, 1.165) is 0 Å². The SMILES string of the molecule is CC([N-]C(C)c1ccccc1)c1ccccc1.[Li+]. The summed E-state index contributed by atoms with van der Waals surface area (Å²) < 4.78 is 0. The van der Waals surface area contributed by atoms with Crippen LogP contribution in [0.3, 0.4) is 0 Å². The van der Waals surface area contributed by atoms with E-state index in [4.69, 9.17) is 5.32 Å². The van der Waals surface area contributed by atoms with Crippen LogP contribution in [0.4, 0.5) is 0 Å². The van der Waals surface area contributed by atoms with Crippen LogP contribution < -0.4 is 18.9 Å². The fourth-order valence-electron chi connectivity index (χ4n) is 1.97. The van der Waals surface area contributed by atoms with Gasteiger partial charge in [-0.1, -0.05) is 85.6 Å².